The van der Waals surface area contributed by atoms with Gasteiger partial charge in [0.1, 0.15) is 0 Å². The van der Waals surface area contributed by atoms with E-state index in [1.807, 2.05) is 6.26 Å². The third kappa shape index (κ3) is 8.01. The fourth-order valence-corrected chi connectivity index (χ4v) is 4.67. The maximum atomic E-state index is 5.96. The van der Waals surface area contributed by atoms with Gasteiger partial charge in [-0.25, -0.2) is 0 Å². The standard InChI is InChI=1S/C24H42O/c1-3-5-7-9-11-21-12-14-22(15-13-21)23-16-18-24(19-17-23)25-20-10-8-6-4-2/h9-11,20-24H,3-8,12-19H2,1-2H3/b11-9+,20-10+/t21-,22-,23?,24?. The van der Waals surface area contributed by atoms with Crippen molar-refractivity contribution in [1.29, 1.82) is 0 Å². The second-order valence-corrected chi connectivity index (χ2v) is 8.43. The van der Waals surface area contributed by atoms with Gasteiger partial charge in [0.25, 0.3) is 0 Å². The largest absolute Gasteiger partial charge is 0.498 e. The van der Waals surface area contributed by atoms with E-state index in [2.05, 4.69) is 32.1 Å². The van der Waals surface area contributed by atoms with Crippen LogP contribution in [-0.2, 0) is 4.74 Å². The van der Waals surface area contributed by atoms with Gasteiger partial charge < -0.3 is 4.74 Å². The van der Waals surface area contributed by atoms with Crippen molar-refractivity contribution >= 4 is 0 Å². The van der Waals surface area contributed by atoms with Crippen molar-refractivity contribution in [2.24, 2.45) is 17.8 Å². The zero-order valence-electron chi connectivity index (χ0n) is 16.9. The Labute approximate surface area is 157 Å². The predicted molar refractivity (Wildman–Crippen MR) is 110 cm³/mol. The third-order valence-corrected chi connectivity index (χ3v) is 6.43. The van der Waals surface area contributed by atoms with E-state index in [0.717, 1.165) is 17.8 Å². The topological polar surface area (TPSA) is 9.23 Å². The quantitative estimate of drug-likeness (QED) is 0.222. The molecule has 144 valence electrons. The SMILES string of the molecule is CCCC/C=C/OC1CCC([C@H]2CC[C@H](/C=C/CCCC)CC2)CC1. The highest BCUT2D eigenvalue weighted by molar-refractivity contribution is 4.92. The van der Waals surface area contributed by atoms with Crippen LogP contribution in [0.4, 0.5) is 0 Å². The van der Waals surface area contributed by atoms with E-state index in [1.54, 1.807) is 0 Å². The Bertz CT molecular complexity index is 368. The first-order valence-electron chi connectivity index (χ1n) is 11.3. The summed E-state index contributed by atoms with van der Waals surface area (Å²) in [4.78, 5) is 0. The number of hydrogen-bond donors (Lipinski definition) is 0. The monoisotopic (exact) mass is 346 g/mol. The van der Waals surface area contributed by atoms with Crippen molar-refractivity contribution in [3.63, 3.8) is 0 Å². The van der Waals surface area contributed by atoms with Crippen LogP contribution in [0, 0.1) is 17.8 Å². The number of rotatable bonds is 10. The first kappa shape index (κ1) is 20.6. The number of unbranched alkanes of at least 4 members (excludes halogenated alkanes) is 4. The molecule has 0 amide bonds. The van der Waals surface area contributed by atoms with Crippen LogP contribution < -0.4 is 0 Å². The van der Waals surface area contributed by atoms with Crippen LogP contribution in [0.1, 0.15) is 104 Å². The van der Waals surface area contributed by atoms with Crippen molar-refractivity contribution < 1.29 is 4.74 Å². The zero-order chi connectivity index (χ0) is 17.7. The van der Waals surface area contributed by atoms with Crippen molar-refractivity contribution in [3.8, 4) is 0 Å². The zero-order valence-corrected chi connectivity index (χ0v) is 16.9. The summed E-state index contributed by atoms with van der Waals surface area (Å²) in [5.41, 5.74) is 0. The van der Waals surface area contributed by atoms with Gasteiger partial charge in [-0.05, 0) is 94.5 Å². The fraction of sp³-hybridized carbons (Fsp3) is 0.833. The van der Waals surface area contributed by atoms with Gasteiger partial charge in [0, 0.05) is 0 Å². The molecule has 0 atom stereocenters. The molecule has 0 saturated heterocycles. The molecule has 0 spiro atoms. The number of hydrogen-bond acceptors (Lipinski definition) is 1. The molecule has 2 rings (SSSR count). The summed E-state index contributed by atoms with van der Waals surface area (Å²) in [6.45, 7) is 4.52. The maximum Gasteiger partial charge on any atom is 0.0978 e. The summed E-state index contributed by atoms with van der Waals surface area (Å²) in [7, 11) is 0. The average molecular weight is 347 g/mol. The minimum Gasteiger partial charge on any atom is -0.498 e. The molecule has 0 heterocycles. The lowest BCUT2D eigenvalue weighted by atomic mass is 9.70. The molecule has 0 aromatic rings. The van der Waals surface area contributed by atoms with E-state index in [9.17, 15) is 0 Å². The van der Waals surface area contributed by atoms with E-state index >= 15 is 0 Å². The predicted octanol–water partition coefficient (Wildman–Crippen LogP) is 7.82. The molecule has 2 fully saturated rings. The Kier molecular flexibility index (Phi) is 10.4. The fourth-order valence-electron chi connectivity index (χ4n) is 4.67. The van der Waals surface area contributed by atoms with E-state index in [1.165, 1.54) is 89.9 Å². The van der Waals surface area contributed by atoms with Gasteiger partial charge in [-0.1, -0.05) is 45.3 Å². The first-order chi connectivity index (χ1) is 12.3. The Balaban J connectivity index is 1.59. The molecule has 25 heavy (non-hydrogen) atoms. The molecular formula is C24H42O. The van der Waals surface area contributed by atoms with Gasteiger partial charge in [0.15, 0.2) is 0 Å². The lowest BCUT2D eigenvalue weighted by Crippen LogP contribution is -2.27. The third-order valence-electron chi connectivity index (χ3n) is 6.43. The van der Waals surface area contributed by atoms with Crippen molar-refractivity contribution in [2.75, 3.05) is 0 Å². The summed E-state index contributed by atoms with van der Waals surface area (Å²) in [6.07, 6.45) is 28.5. The molecule has 0 N–H and O–H groups in total. The van der Waals surface area contributed by atoms with Gasteiger partial charge in [0.2, 0.25) is 0 Å². The number of ether oxygens (including phenoxy) is 1. The second kappa shape index (κ2) is 12.6. The van der Waals surface area contributed by atoms with Crippen molar-refractivity contribution in [2.45, 2.75) is 110 Å². The summed E-state index contributed by atoms with van der Waals surface area (Å²) in [5.74, 6) is 2.86. The molecular weight excluding hydrogens is 304 g/mol. The molecule has 1 nitrogen and oxygen atoms in total. The van der Waals surface area contributed by atoms with Gasteiger partial charge in [0.05, 0.1) is 12.4 Å². The van der Waals surface area contributed by atoms with Gasteiger partial charge in [-0.3, -0.25) is 0 Å². The van der Waals surface area contributed by atoms with E-state index in [-0.39, 0.29) is 0 Å². The summed E-state index contributed by atoms with van der Waals surface area (Å²) < 4.78 is 5.96. The van der Waals surface area contributed by atoms with Crippen LogP contribution in [0.25, 0.3) is 0 Å². The molecule has 1 heteroatoms. The smallest absolute Gasteiger partial charge is 0.0978 e. The van der Waals surface area contributed by atoms with E-state index in [4.69, 9.17) is 4.74 Å². The molecule has 2 aliphatic rings. The van der Waals surface area contributed by atoms with Crippen molar-refractivity contribution in [1.82, 2.24) is 0 Å². The molecule has 0 aliphatic heterocycles. The molecule has 2 saturated carbocycles. The van der Waals surface area contributed by atoms with Crippen LogP contribution >= 0.6 is 0 Å². The first-order valence-corrected chi connectivity index (χ1v) is 11.3. The highest BCUT2D eigenvalue weighted by Crippen LogP contribution is 2.40. The molecule has 2 aliphatic carbocycles. The highest BCUT2D eigenvalue weighted by Gasteiger charge is 2.30. The second-order valence-electron chi connectivity index (χ2n) is 8.43. The number of allylic oxidation sites excluding steroid dienone is 3. The molecule has 0 aromatic carbocycles. The van der Waals surface area contributed by atoms with Crippen LogP contribution in [-0.4, -0.2) is 6.10 Å². The van der Waals surface area contributed by atoms with Crippen LogP contribution in [0.15, 0.2) is 24.5 Å². The minimum atomic E-state index is 0.493. The average Bonchev–Trinajstić information content (AvgIpc) is 2.66. The van der Waals surface area contributed by atoms with Gasteiger partial charge in [-0.15, -0.1) is 0 Å². The summed E-state index contributed by atoms with van der Waals surface area (Å²) >= 11 is 0. The van der Waals surface area contributed by atoms with E-state index < -0.39 is 0 Å². The molecule has 0 aromatic heterocycles. The van der Waals surface area contributed by atoms with Crippen LogP contribution in [0.5, 0.6) is 0 Å². The Morgan fingerprint density at radius 2 is 1.28 bits per heavy atom. The van der Waals surface area contributed by atoms with Crippen LogP contribution in [0.3, 0.4) is 0 Å². The highest BCUT2D eigenvalue weighted by atomic mass is 16.5. The Morgan fingerprint density at radius 3 is 1.88 bits per heavy atom. The van der Waals surface area contributed by atoms with Gasteiger partial charge >= 0.3 is 0 Å². The van der Waals surface area contributed by atoms with Gasteiger partial charge in [-0.2, -0.15) is 0 Å². The lowest BCUT2D eigenvalue weighted by molar-refractivity contribution is 0.0649. The molecule has 0 radical (unpaired) electrons. The van der Waals surface area contributed by atoms with E-state index in [0.29, 0.717) is 6.10 Å². The Morgan fingerprint density at radius 1 is 0.720 bits per heavy atom. The summed E-state index contributed by atoms with van der Waals surface area (Å²) in [5, 5.41) is 0. The van der Waals surface area contributed by atoms with Crippen molar-refractivity contribution in [3.05, 3.63) is 24.5 Å². The maximum absolute atomic E-state index is 5.96. The lowest BCUT2D eigenvalue weighted by Gasteiger charge is -2.37. The molecule has 0 unspecified atom stereocenters. The summed E-state index contributed by atoms with van der Waals surface area (Å²) in [6, 6.07) is 0. The minimum absolute atomic E-state index is 0.493. The van der Waals surface area contributed by atoms with Crippen LogP contribution in [0.2, 0.25) is 0 Å². The normalized spacial score (nSPS) is 31.0. The molecule has 0 bridgehead atoms. The Hall–Kier alpha value is -0.720.